The van der Waals surface area contributed by atoms with Crippen LogP contribution in [0.2, 0.25) is 0 Å². The summed E-state index contributed by atoms with van der Waals surface area (Å²) in [6, 6.07) is 6.00. The molecule has 0 saturated heterocycles. The molecule has 150 valence electrons. The van der Waals surface area contributed by atoms with Crippen molar-refractivity contribution in [2.24, 2.45) is 5.73 Å². The third-order valence-electron chi connectivity index (χ3n) is 4.99. The maximum Gasteiger partial charge on any atom is 0.268 e. The van der Waals surface area contributed by atoms with Gasteiger partial charge >= 0.3 is 0 Å². The Morgan fingerprint density at radius 3 is 2.55 bits per heavy atom. The van der Waals surface area contributed by atoms with E-state index in [1.54, 1.807) is 19.1 Å². The van der Waals surface area contributed by atoms with E-state index in [1.165, 1.54) is 34.8 Å². The summed E-state index contributed by atoms with van der Waals surface area (Å²) in [5, 5.41) is 4.05. The lowest BCUT2D eigenvalue weighted by atomic mass is 10.1. The molecule has 3 aromatic rings. The quantitative estimate of drug-likeness (QED) is 0.576. The number of nitrogens with one attached hydrogen (secondary N) is 1. The maximum absolute atomic E-state index is 13.2. The molecule has 0 saturated carbocycles. The standard InChI is InChI=1S/C21H20FN3O2S2/c1-11-17(29-20(24-11)12-7-9-13(22)10-8-12)19(27)25-21-16(18(23)26)14-5-3-2-4-6-15(14)28-21/h7-10H,2-6H2,1H3,(H2,23,26)(H,25,27). The van der Waals surface area contributed by atoms with Gasteiger partial charge in [0.25, 0.3) is 11.8 Å². The first-order valence-electron chi connectivity index (χ1n) is 9.43. The third-order valence-corrected chi connectivity index (χ3v) is 7.40. The minimum atomic E-state index is -0.507. The average Bonchev–Trinajstić information content (AvgIpc) is 3.14. The Bertz CT molecular complexity index is 1090. The summed E-state index contributed by atoms with van der Waals surface area (Å²) in [7, 11) is 0. The molecule has 2 aromatic heterocycles. The Morgan fingerprint density at radius 2 is 1.83 bits per heavy atom. The van der Waals surface area contributed by atoms with E-state index in [4.69, 9.17) is 5.73 Å². The highest BCUT2D eigenvalue weighted by Gasteiger charge is 2.25. The van der Waals surface area contributed by atoms with Crippen molar-refractivity contribution in [1.82, 2.24) is 4.98 Å². The molecular formula is C21H20FN3O2S2. The number of thiophene rings is 1. The van der Waals surface area contributed by atoms with E-state index in [2.05, 4.69) is 10.3 Å². The van der Waals surface area contributed by atoms with Gasteiger partial charge in [-0.2, -0.15) is 0 Å². The zero-order chi connectivity index (χ0) is 20.5. The number of hydrogen-bond donors (Lipinski definition) is 2. The summed E-state index contributed by atoms with van der Waals surface area (Å²) in [5.74, 6) is -1.14. The lowest BCUT2D eigenvalue weighted by Crippen LogP contribution is -2.18. The number of rotatable bonds is 4. The number of hydrogen-bond acceptors (Lipinski definition) is 5. The Kier molecular flexibility index (Phi) is 5.47. The van der Waals surface area contributed by atoms with Crippen LogP contribution in [0.1, 0.15) is 55.4 Å². The van der Waals surface area contributed by atoms with Gasteiger partial charge in [-0.3, -0.25) is 9.59 Å². The number of thiazole rings is 1. The van der Waals surface area contributed by atoms with Crippen molar-refractivity contribution in [3.05, 3.63) is 56.7 Å². The molecule has 0 bridgehead atoms. The molecule has 3 N–H and O–H groups in total. The number of primary amides is 1. The van der Waals surface area contributed by atoms with Crippen molar-refractivity contribution in [2.45, 2.75) is 39.0 Å². The van der Waals surface area contributed by atoms with Crippen LogP contribution in [-0.4, -0.2) is 16.8 Å². The Morgan fingerprint density at radius 1 is 1.10 bits per heavy atom. The van der Waals surface area contributed by atoms with Gasteiger partial charge in [-0.15, -0.1) is 22.7 Å². The molecule has 0 fully saturated rings. The Hall–Kier alpha value is -2.58. The van der Waals surface area contributed by atoms with Crippen LogP contribution in [0.25, 0.3) is 10.6 Å². The lowest BCUT2D eigenvalue weighted by Gasteiger charge is -2.05. The van der Waals surface area contributed by atoms with Crippen molar-refractivity contribution in [3.63, 3.8) is 0 Å². The fourth-order valence-corrected chi connectivity index (χ4v) is 5.83. The number of nitrogens with two attached hydrogens (primary N) is 1. The number of carbonyl (C=O) groups excluding carboxylic acids is 2. The molecule has 2 heterocycles. The highest BCUT2D eigenvalue weighted by atomic mass is 32.1. The van der Waals surface area contributed by atoms with E-state index in [0.29, 0.717) is 26.1 Å². The largest absolute Gasteiger partial charge is 0.365 e. The topological polar surface area (TPSA) is 85.1 Å². The van der Waals surface area contributed by atoms with Crippen molar-refractivity contribution >= 4 is 39.5 Å². The molecule has 5 nitrogen and oxygen atoms in total. The smallest absolute Gasteiger partial charge is 0.268 e. The van der Waals surface area contributed by atoms with Crippen LogP contribution in [0.5, 0.6) is 0 Å². The summed E-state index contributed by atoms with van der Waals surface area (Å²) in [6.07, 6.45) is 4.95. The number of aryl methyl sites for hydroxylation is 2. The summed E-state index contributed by atoms with van der Waals surface area (Å²) >= 11 is 2.69. The molecule has 1 aromatic carbocycles. The number of anilines is 1. The van der Waals surface area contributed by atoms with Gasteiger partial charge in [0, 0.05) is 10.4 Å². The third kappa shape index (κ3) is 3.95. The fraction of sp³-hybridized carbons (Fsp3) is 0.286. The summed E-state index contributed by atoms with van der Waals surface area (Å²) in [6.45, 7) is 1.76. The number of carbonyl (C=O) groups is 2. The van der Waals surface area contributed by atoms with Gasteiger partial charge in [-0.05, 0) is 62.4 Å². The zero-order valence-electron chi connectivity index (χ0n) is 15.9. The summed E-state index contributed by atoms with van der Waals surface area (Å²) in [5.41, 5.74) is 8.42. The number of nitrogens with zero attached hydrogens (tertiary/aromatic N) is 1. The number of benzene rings is 1. The molecule has 0 aliphatic heterocycles. The monoisotopic (exact) mass is 429 g/mol. The molecule has 0 unspecified atom stereocenters. The zero-order valence-corrected chi connectivity index (χ0v) is 17.5. The van der Waals surface area contributed by atoms with Gasteiger partial charge in [0.1, 0.15) is 20.7 Å². The molecule has 0 radical (unpaired) electrons. The van der Waals surface area contributed by atoms with Crippen molar-refractivity contribution in [2.75, 3.05) is 5.32 Å². The van der Waals surface area contributed by atoms with Crippen molar-refractivity contribution in [3.8, 4) is 10.6 Å². The van der Waals surface area contributed by atoms with Gasteiger partial charge in [0.2, 0.25) is 0 Å². The summed E-state index contributed by atoms with van der Waals surface area (Å²) in [4.78, 5) is 31.1. The van der Waals surface area contributed by atoms with Crippen LogP contribution in [0, 0.1) is 12.7 Å². The second kappa shape index (κ2) is 8.04. The highest BCUT2D eigenvalue weighted by Crippen LogP contribution is 2.38. The van der Waals surface area contributed by atoms with E-state index in [-0.39, 0.29) is 11.7 Å². The van der Waals surface area contributed by atoms with Crippen LogP contribution < -0.4 is 11.1 Å². The molecular weight excluding hydrogens is 409 g/mol. The fourth-order valence-electron chi connectivity index (χ4n) is 3.57. The molecule has 0 spiro atoms. The first-order valence-corrected chi connectivity index (χ1v) is 11.1. The number of amides is 2. The molecule has 1 aliphatic rings. The molecule has 2 amide bonds. The van der Waals surface area contributed by atoms with Crippen molar-refractivity contribution < 1.29 is 14.0 Å². The van der Waals surface area contributed by atoms with E-state index >= 15 is 0 Å². The highest BCUT2D eigenvalue weighted by molar-refractivity contribution is 7.18. The first-order chi connectivity index (χ1) is 13.9. The van der Waals surface area contributed by atoms with Gasteiger partial charge in [-0.25, -0.2) is 9.37 Å². The average molecular weight is 430 g/mol. The number of fused-ring (bicyclic) bond motifs is 1. The first kappa shape index (κ1) is 19.7. The van der Waals surface area contributed by atoms with Gasteiger partial charge in [0.15, 0.2) is 0 Å². The number of aromatic nitrogens is 1. The predicted octanol–water partition coefficient (Wildman–Crippen LogP) is 4.94. The van der Waals surface area contributed by atoms with Gasteiger partial charge in [-0.1, -0.05) is 6.42 Å². The molecule has 0 atom stereocenters. The second-order valence-electron chi connectivity index (χ2n) is 7.03. The molecule has 1 aliphatic carbocycles. The molecule has 4 rings (SSSR count). The van der Waals surface area contributed by atoms with Gasteiger partial charge < -0.3 is 11.1 Å². The maximum atomic E-state index is 13.2. The SMILES string of the molecule is Cc1nc(-c2ccc(F)cc2)sc1C(=O)Nc1sc2c(c1C(N)=O)CCCCC2. The van der Waals surface area contributed by atoms with Crippen LogP contribution in [0.4, 0.5) is 9.39 Å². The van der Waals surface area contributed by atoms with E-state index in [1.807, 2.05) is 0 Å². The van der Waals surface area contributed by atoms with E-state index in [0.717, 1.165) is 48.1 Å². The lowest BCUT2D eigenvalue weighted by molar-refractivity contribution is 0.100. The van der Waals surface area contributed by atoms with Crippen LogP contribution in [-0.2, 0) is 12.8 Å². The molecule has 29 heavy (non-hydrogen) atoms. The van der Waals surface area contributed by atoms with Crippen LogP contribution in [0.3, 0.4) is 0 Å². The van der Waals surface area contributed by atoms with E-state index < -0.39 is 5.91 Å². The van der Waals surface area contributed by atoms with Crippen molar-refractivity contribution in [1.29, 1.82) is 0 Å². The summed E-state index contributed by atoms with van der Waals surface area (Å²) < 4.78 is 13.2. The predicted molar refractivity (Wildman–Crippen MR) is 114 cm³/mol. The minimum Gasteiger partial charge on any atom is -0.365 e. The van der Waals surface area contributed by atoms with E-state index in [9.17, 15) is 14.0 Å². The van der Waals surface area contributed by atoms with Crippen LogP contribution >= 0.6 is 22.7 Å². The van der Waals surface area contributed by atoms with Gasteiger partial charge in [0.05, 0.1) is 11.3 Å². The normalized spacial score (nSPS) is 13.6. The minimum absolute atomic E-state index is 0.313. The van der Waals surface area contributed by atoms with Crippen LogP contribution in [0.15, 0.2) is 24.3 Å². The number of halogens is 1. The Labute approximate surface area is 175 Å². The second-order valence-corrected chi connectivity index (χ2v) is 9.13. The molecule has 8 heteroatoms. The Balaban J connectivity index is 1.63.